The summed E-state index contributed by atoms with van der Waals surface area (Å²) >= 11 is 5.51. The van der Waals surface area contributed by atoms with Crippen LogP contribution in [0.1, 0.15) is 12.8 Å². The minimum atomic E-state index is -3.38. The molecule has 1 heterocycles. The van der Waals surface area contributed by atoms with Crippen LogP contribution in [-0.2, 0) is 10.0 Å². The predicted octanol–water partition coefficient (Wildman–Crippen LogP) is 1.62. The number of benzene rings is 1. The van der Waals surface area contributed by atoms with Crippen molar-refractivity contribution in [2.24, 2.45) is 0 Å². The zero-order valence-corrected chi connectivity index (χ0v) is 11.6. The van der Waals surface area contributed by atoms with Crippen molar-refractivity contribution in [2.45, 2.75) is 12.8 Å². The van der Waals surface area contributed by atoms with E-state index in [-0.39, 0.29) is 11.4 Å². The molecule has 0 aliphatic carbocycles. The SMILES string of the molecule is O=c1[nH]c2ccc(NS(=O)(=O)CCCCCl)cc2[nH]1. The number of hydrogen-bond acceptors (Lipinski definition) is 3. The van der Waals surface area contributed by atoms with E-state index in [1.54, 1.807) is 18.2 Å². The molecule has 3 N–H and O–H groups in total. The minimum Gasteiger partial charge on any atom is -0.306 e. The van der Waals surface area contributed by atoms with Crippen LogP contribution in [0.25, 0.3) is 11.0 Å². The first-order valence-electron chi connectivity index (χ1n) is 5.79. The van der Waals surface area contributed by atoms with Crippen molar-refractivity contribution in [3.63, 3.8) is 0 Å². The molecule has 1 aromatic carbocycles. The molecule has 0 unspecified atom stereocenters. The van der Waals surface area contributed by atoms with Crippen molar-refractivity contribution < 1.29 is 8.42 Å². The third kappa shape index (κ3) is 3.74. The molecule has 1 aromatic heterocycles. The van der Waals surface area contributed by atoms with Gasteiger partial charge in [0.1, 0.15) is 0 Å². The molecule has 6 nitrogen and oxygen atoms in total. The normalized spacial score (nSPS) is 11.8. The Morgan fingerprint density at radius 3 is 2.63 bits per heavy atom. The summed E-state index contributed by atoms with van der Waals surface area (Å²) in [5.74, 6) is 0.480. The van der Waals surface area contributed by atoms with Gasteiger partial charge in [0.2, 0.25) is 10.0 Å². The molecule has 19 heavy (non-hydrogen) atoms. The summed E-state index contributed by atoms with van der Waals surface area (Å²) in [4.78, 5) is 16.3. The lowest BCUT2D eigenvalue weighted by Crippen LogP contribution is -2.16. The molecule has 8 heteroatoms. The number of halogens is 1. The van der Waals surface area contributed by atoms with E-state index < -0.39 is 10.0 Å². The van der Waals surface area contributed by atoms with E-state index in [9.17, 15) is 13.2 Å². The number of hydrogen-bond donors (Lipinski definition) is 3. The van der Waals surface area contributed by atoms with Crippen LogP contribution in [-0.4, -0.2) is 30.0 Å². The second-order valence-corrected chi connectivity index (χ2v) is 6.38. The van der Waals surface area contributed by atoms with Gasteiger partial charge in [0.05, 0.1) is 22.5 Å². The Labute approximate surface area is 115 Å². The minimum absolute atomic E-state index is 0.0292. The zero-order chi connectivity index (χ0) is 13.9. The molecule has 0 atom stereocenters. The summed E-state index contributed by atoms with van der Waals surface area (Å²) < 4.78 is 26.0. The predicted molar refractivity (Wildman–Crippen MR) is 76.3 cm³/mol. The zero-order valence-electron chi connectivity index (χ0n) is 10.1. The molecule has 0 bridgehead atoms. The number of aromatic nitrogens is 2. The van der Waals surface area contributed by atoms with E-state index in [1.165, 1.54) is 0 Å². The molecule has 0 aliphatic rings. The van der Waals surface area contributed by atoms with Crippen molar-refractivity contribution in [3.8, 4) is 0 Å². The molecule has 0 amide bonds. The molecule has 0 saturated carbocycles. The van der Waals surface area contributed by atoms with Crippen LogP contribution in [0.4, 0.5) is 5.69 Å². The number of H-pyrrole nitrogens is 2. The Bertz CT molecular complexity index is 720. The van der Waals surface area contributed by atoms with Gasteiger partial charge >= 0.3 is 5.69 Å². The van der Waals surface area contributed by atoms with Crippen LogP contribution in [0.5, 0.6) is 0 Å². The first kappa shape index (κ1) is 14.0. The summed E-state index contributed by atoms with van der Waals surface area (Å²) in [5.41, 5.74) is 1.30. The number of unbranched alkanes of at least 4 members (excludes halogenated alkanes) is 1. The van der Waals surface area contributed by atoms with Gasteiger partial charge in [-0.15, -0.1) is 11.6 Å². The third-order valence-corrected chi connectivity index (χ3v) is 4.23. The second-order valence-electron chi connectivity index (χ2n) is 4.16. The maximum absolute atomic E-state index is 11.8. The van der Waals surface area contributed by atoms with Crippen LogP contribution < -0.4 is 10.4 Å². The van der Waals surface area contributed by atoms with Gasteiger partial charge in [-0.05, 0) is 31.0 Å². The smallest absolute Gasteiger partial charge is 0.306 e. The molecular formula is C11H14ClN3O3S. The first-order chi connectivity index (χ1) is 9.00. The fraction of sp³-hybridized carbons (Fsp3) is 0.364. The molecule has 0 spiro atoms. The number of imidazole rings is 1. The molecule has 2 rings (SSSR count). The van der Waals surface area contributed by atoms with Crippen LogP contribution in [0.3, 0.4) is 0 Å². The van der Waals surface area contributed by atoms with E-state index in [4.69, 9.17) is 11.6 Å². The van der Waals surface area contributed by atoms with Gasteiger partial charge < -0.3 is 9.97 Å². The van der Waals surface area contributed by atoms with Crippen molar-refractivity contribution in [1.82, 2.24) is 9.97 Å². The lowest BCUT2D eigenvalue weighted by Gasteiger charge is -2.07. The second kappa shape index (κ2) is 5.66. The molecule has 2 aromatic rings. The molecule has 0 fully saturated rings. The summed E-state index contributed by atoms with van der Waals surface area (Å²) in [6.45, 7) is 0. The number of aromatic amines is 2. The van der Waals surface area contributed by atoms with E-state index >= 15 is 0 Å². The van der Waals surface area contributed by atoms with E-state index in [2.05, 4.69) is 14.7 Å². The van der Waals surface area contributed by atoms with Gasteiger partial charge in [-0.2, -0.15) is 0 Å². The molecule has 104 valence electrons. The number of sulfonamides is 1. The van der Waals surface area contributed by atoms with Crippen molar-refractivity contribution in [3.05, 3.63) is 28.7 Å². The van der Waals surface area contributed by atoms with E-state index in [0.717, 1.165) is 0 Å². The van der Waals surface area contributed by atoms with E-state index in [0.29, 0.717) is 35.4 Å². The maximum atomic E-state index is 11.8. The van der Waals surface area contributed by atoms with Gasteiger partial charge in [0.25, 0.3) is 0 Å². The van der Waals surface area contributed by atoms with Crippen molar-refractivity contribution in [2.75, 3.05) is 16.4 Å². The summed E-state index contributed by atoms with van der Waals surface area (Å²) in [6, 6.07) is 4.82. The van der Waals surface area contributed by atoms with Gasteiger partial charge in [0, 0.05) is 5.88 Å². The summed E-state index contributed by atoms with van der Waals surface area (Å²) in [5, 5.41) is 0. The fourth-order valence-corrected chi connectivity index (χ4v) is 3.07. The highest BCUT2D eigenvalue weighted by Gasteiger charge is 2.10. The van der Waals surface area contributed by atoms with Crippen LogP contribution in [0.2, 0.25) is 0 Å². The summed E-state index contributed by atoms with van der Waals surface area (Å²) in [6.07, 6.45) is 1.18. The summed E-state index contributed by atoms with van der Waals surface area (Å²) in [7, 11) is -3.38. The largest absolute Gasteiger partial charge is 0.323 e. The van der Waals surface area contributed by atoms with Crippen LogP contribution in [0.15, 0.2) is 23.0 Å². The average molecular weight is 304 g/mol. The molecule has 0 aliphatic heterocycles. The monoisotopic (exact) mass is 303 g/mol. The van der Waals surface area contributed by atoms with Crippen LogP contribution >= 0.6 is 11.6 Å². The average Bonchev–Trinajstić information content (AvgIpc) is 2.68. The van der Waals surface area contributed by atoms with Crippen LogP contribution in [0, 0.1) is 0 Å². The number of nitrogens with one attached hydrogen (secondary N) is 3. The highest BCUT2D eigenvalue weighted by Crippen LogP contribution is 2.16. The quantitative estimate of drug-likeness (QED) is 0.559. The van der Waals surface area contributed by atoms with Gasteiger partial charge in [-0.3, -0.25) is 4.72 Å². The Morgan fingerprint density at radius 2 is 1.89 bits per heavy atom. The number of rotatable bonds is 6. The maximum Gasteiger partial charge on any atom is 0.323 e. The Morgan fingerprint density at radius 1 is 1.16 bits per heavy atom. The van der Waals surface area contributed by atoms with Gasteiger partial charge in [-0.1, -0.05) is 0 Å². The molecule has 0 radical (unpaired) electrons. The lowest BCUT2D eigenvalue weighted by molar-refractivity contribution is 0.598. The fourth-order valence-electron chi connectivity index (χ4n) is 1.71. The standard InChI is InChI=1S/C11H14ClN3O3S/c12-5-1-2-6-19(17,18)15-8-3-4-9-10(7-8)14-11(16)13-9/h3-4,7,15H,1-2,5-6H2,(H2,13,14,16). The van der Waals surface area contributed by atoms with Crippen molar-refractivity contribution in [1.29, 1.82) is 0 Å². The number of anilines is 1. The Balaban J connectivity index is 2.14. The Hall–Kier alpha value is -1.47. The highest BCUT2D eigenvalue weighted by molar-refractivity contribution is 7.92. The first-order valence-corrected chi connectivity index (χ1v) is 7.97. The highest BCUT2D eigenvalue weighted by atomic mass is 35.5. The van der Waals surface area contributed by atoms with Crippen molar-refractivity contribution >= 4 is 38.3 Å². The van der Waals surface area contributed by atoms with Gasteiger partial charge in [-0.25, -0.2) is 13.2 Å². The lowest BCUT2D eigenvalue weighted by atomic mass is 10.3. The number of fused-ring (bicyclic) bond motifs is 1. The molecule has 0 saturated heterocycles. The Kier molecular flexibility index (Phi) is 4.16. The van der Waals surface area contributed by atoms with E-state index in [1.807, 2.05) is 0 Å². The van der Waals surface area contributed by atoms with Gasteiger partial charge in [0.15, 0.2) is 0 Å². The third-order valence-electron chi connectivity index (χ3n) is 2.59. The topological polar surface area (TPSA) is 94.8 Å². The molecular weight excluding hydrogens is 290 g/mol. The number of alkyl halides is 1.